The van der Waals surface area contributed by atoms with Crippen molar-refractivity contribution in [2.45, 2.75) is 84.0 Å². The second-order valence-electron chi connectivity index (χ2n) is 15.5. The molecule has 3 aliphatic heterocycles. The summed E-state index contributed by atoms with van der Waals surface area (Å²) in [4.78, 5) is 28.9. The van der Waals surface area contributed by atoms with Crippen LogP contribution in [0.4, 0.5) is 19.4 Å². The van der Waals surface area contributed by atoms with Crippen LogP contribution in [-0.2, 0) is 20.6 Å². The number of benzene rings is 3. The molecule has 2 bridgehead atoms. The molecule has 3 aliphatic rings. The van der Waals surface area contributed by atoms with Crippen LogP contribution >= 0.6 is 0 Å². The number of carbonyl (C=O) groups is 1. The summed E-state index contributed by atoms with van der Waals surface area (Å²) < 4.78 is 62.5. The standard InChI is InChI=1S/C41H51F2N5O6/c1-7-26-10-8-11-27-18-30(53-24-50-6)19-31(34(26)27)35-33(42)20-32-37(36(35)43)44-39(52-16-9-14-46-15-17-51-23-25(46)2)45-38(32)47-21-28-12-13-29(22-47)48(28)40(49)54-41(3,4)5/h8,10-11,18-20,25,28-29H,7,9,12-17,21-24H2,1-6H3/t25-,28?,29?/m1/s1. The number of methoxy groups -OCH3 is 1. The van der Waals surface area contributed by atoms with Crippen molar-refractivity contribution in [1.82, 2.24) is 19.8 Å². The molecule has 1 amide bonds. The third kappa shape index (κ3) is 7.76. The van der Waals surface area contributed by atoms with Gasteiger partial charge >= 0.3 is 12.1 Å². The van der Waals surface area contributed by atoms with Crippen LogP contribution in [0.15, 0.2) is 36.4 Å². The van der Waals surface area contributed by atoms with E-state index in [4.69, 9.17) is 28.7 Å². The molecule has 0 spiro atoms. The van der Waals surface area contributed by atoms with Crippen molar-refractivity contribution < 1.29 is 37.3 Å². The van der Waals surface area contributed by atoms with Crippen LogP contribution in [0.1, 0.15) is 59.4 Å². The Bertz CT molecular complexity index is 1990. The molecule has 290 valence electrons. The van der Waals surface area contributed by atoms with Gasteiger partial charge < -0.3 is 28.6 Å². The highest BCUT2D eigenvalue weighted by molar-refractivity contribution is 6.03. The van der Waals surface area contributed by atoms with Crippen molar-refractivity contribution in [3.05, 3.63) is 53.6 Å². The smallest absolute Gasteiger partial charge is 0.410 e. The lowest BCUT2D eigenvalue weighted by Crippen LogP contribution is -2.57. The number of piperazine rings is 1. The molecule has 3 fully saturated rings. The van der Waals surface area contributed by atoms with Gasteiger partial charge in [0.15, 0.2) is 12.6 Å². The van der Waals surface area contributed by atoms with E-state index in [1.807, 2.05) is 61.8 Å². The molecular formula is C41H51F2N5O6. The van der Waals surface area contributed by atoms with Gasteiger partial charge in [-0.05, 0) is 93.5 Å². The highest BCUT2D eigenvalue weighted by Crippen LogP contribution is 2.43. The zero-order valence-corrected chi connectivity index (χ0v) is 32.1. The SMILES string of the molecule is CCc1cccc2cc(OCOC)cc(-c3c(F)cc4c(N5CC6CCC(C5)N6C(=O)OC(C)(C)C)nc(OCCCN5CCOC[C@H]5C)nc4c3F)c12. The molecular weight excluding hydrogens is 696 g/mol. The quantitative estimate of drug-likeness (QED) is 0.114. The van der Waals surface area contributed by atoms with Crippen LogP contribution in [0.5, 0.6) is 11.8 Å². The first-order chi connectivity index (χ1) is 26.0. The van der Waals surface area contributed by atoms with Crippen LogP contribution in [0.2, 0.25) is 0 Å². The number of anilines is 1. The van der Waals surface area contributed by atoms with Crippen LogP contribution in [0, 0.1) is 11.6 Å². The van der Waals surface area contributed by atoms with Gasteiger partial charge in [-0.15, -0.1) is 0 Å². The minimum Gasteiger partial charge on any atom is -0.468 e. The summed E-state index contributed by atoms with van der Waals surface area (Å²) in [7, 11) is 1.52. The summed E-state index contributed by atoms with van der Waals surface area (Å²) in [6, 6.07) is 10.7. The van der Waals surface area contributed by atoms with E-state index in [9.17, 15) is 4.79 Å². The molecule has 3 aromatic carbocycles. The van der Waals surface area contributed by atoms with Gasteiger partial charge in [0, 0.05) is 44.7 Å². The van der Waals surface area contributed by atoms with Crippen LogP contribution in [-0.4, -0.2) is 109 Å². The van der Waals surface area contributed by atoms with Crippen molar-refractivity contribution in [3.8, 4) is 22.9 Å². The Labute approximate surface area is 315 Å². The monoisotopic (exact) mass is 747 g/mol. The molecule has 2 unspecified atom stereocenters. The number of nitrogens with zero attached hydrogens (tertiary/aromatic N) is 5. The Morgan fingerprint density at radius 1 is 1.06 bits per heavy atom. The van der Waals surface area contributed by atoms with Gasteiger partial charge in [-0.1, -0.05) is 25.1 Å². The number of hydrogen-bond acceptors (Lipinski definition) is 10. The Morgan fingerprint density at radius 3 is 2.54 bits per heavy atom. The average Bonchev–Trinajstić information content (AvgIpc) is 3.41. The molecule has 7 rings (SSSR count). The molecule has 1 aromatic heterocycles. The third-order valence-corrected chi connectivity index (χ3v) is 10.6. The van der Waals surface area contributed by atoms with E-state index in [-0.39, 0.29) is 47.4 Å². The second kappa shape index (κ2) is 15.8. The molecule has 11 nitrogen and oxygen atoms in total. The number of aromatic nitrogens is 2. The first kappa shape index (κ1) is 38.0. The summed E-state index contributed by atoms with van der Waals surface area (Å²) in [5, 5.41) is 1.76. The average molecular weight is 748 g/mol. The van der Waals surface area contributed by atoms with E-state index >= 15 is 8.78 Å². The van der Waals surface area contributed by atoms with Crippen molar-refractivity contribution in [1.29, 1.82) is 0 Å². The van der Waals surface area contributed by atoms with Gasteiger partial charge in [-0.2, -0.15) is 9.97 Å². The highest BCUT2D eigenvalue weighted by Gasteiger charge is 2.45. The number of rotatable bonds is 11. The van der Waals surface area contributed by atoms with E-state index in [0.717, 1.165) is 42.3 Å². The van der Waals surface area contributed by atoms with E-state index < -0.39 is 17.2 Å². The fourth-order valence-corrected chi connectivity index (χ4v) is 8.11. The topological polar surface area (TPSA) is 98.7 Å². The summed E-state index contributed by atoms with van der Waals surface area (Å²) in [5.74, 6) is -0.762. The van der Waals surface area contributed by atoms with Gasteiger partial charge in [0.1, 0.15) is 28.5 Å². The van der Waals surface area contributed by atoms with Gasteiger partial charge in [0.2, 0.25) is 0 Å². The maximum Gasteiger partial charge on any atom is 0.410 e. The molecule has 0 radical (unpaired) electrons. The molecule has 3 atom stereocenters. The van der Waals surface area contributed by atoms with Crippen molar-refractivity contribution in [3.63, 3.8) is 0 Å². The van der Waals surface area contributed by atoms with Crippen molar-refractivity contribution >= 4 is 33.6 Å². The molecule has 4 heterocycles. The normalized spacial score (nSPS) is 20.6. The van der Waals surface area contributed by atoms with Gasteiger partial charge in [-0.3, -0.25) is 9.80 Å². The zero-order chi connectivity index (χ0) is 38.1. The molecule has 13 heteroatoms. The lowest BCUT2D eigenvalue weighted by atomic mass is 9.92. The Morgan fingerprint density at radius 2 is 1.83 bits per heavy atom. The number of halogens is 2. The molecule has 0 N–H and O–H groups in total. The molecule has 54 heavy (non-hydrogen) atoms. The molecule has 3 saturated heterocycles. The summed E-state index contributed by atoms with van der Waals surface area (Å²) in [6.45, 7) is 13.9. The largest absolute Gasteiger partial charge is 0.468 e. The predicted octanol–water partition coefficient (Wildman–Crippen LogP) is 7.35. The minimum absolute atomic E-state index is 0.0159. The Balaban J connectivity index is 1.30. The maximum atomic E-state index is 17.3. The first-order valence-corrected chi connectivity index (χ1v) is 19.0. The maximum absolute atomic E-state index is 17.3. The van der Waals surface area contributed by atoms with E-state index in [0.29, 0.717) is 68.9 Å². The molecule has 0 saturated carbocycles. The lowest BCUT2D eigenvalue weighted by Gasteiger charge is -2.42. The number of carbonyl (C=O) groups excluding carboxylic acids is 1. The summed E-state index contributed by atoms with van der Waals surface area (Å²) >= 11 is 0. The fourth-order valence-electron chi connectivity index (χ4n) is 8.11. The van der Waals surface area contributed by atoms with Crippen LogP contribution < -0.4 is 14.4 Å². The predicted molar refractivity (Wildman–Crippen MR) is 203 cm³/mol. The van der Waals surface area contributed by atoms with Crippen molar-refractivity contribution in [2.75, 3.05) is 64.8 Å². The molecule has 0 aliphatic carbocycles. The van der Waals surface area contributed by atoms with Crippen molar-refractivity contribution in [2.24, 2.45) is 0 Å². The third-order valence-electron chi connectivity index (χ3n) is 10.6. The minimum atomic E-state index is -0.813. The summed E-state index contributed by atoms with van der Waals surface area (Å²) in [5.41, 5.74) is 0.427. The lowest BCUT2D eigenvalue weighted by molar-refractivity contribution is -0.00211. The highest BCUT2D eigenvalue weighted by atomic mass is 19.1. The first-order valence-electron chi connectivity index (χ1n) is 19.0. The van der Waals surface area contributed by atoms with E-state index in [1.54, 1.807) is 6.07 Å². The number of hydrogen-bond donors (Lipinski definition) is 0. The van der Waals surface area contributed by atoms with Crippen LogP contribution in [0.3, 0.4) is 0 Å². The Hall–Kier alpha value is -4.33. The Kier molecular flexibility index (Phi) is 11.1. The number of aryl methyl sites for hydroxylation is 1. The van der Waals surface area contributed by atoms with E-state index in [1.165, 1.54) is 13.2 Å². The number of morpholine rings is 1. The fraction of sp³-hybridized carbons (Fsp3) is 0.537. The van der Waals surface area contributed by atoms with Crippen LogP contribution in [0.25, 0.3) is 32.8 Å². The number of amides is 1. The van der Waals surface area contributed by atoms with Gasteiger partial charge in [-0.25, -0.2) is 13.6 Å². The second-order valence-corrected chi connectivity index (χ2v) is 15.5. The van der Waals surface area contributed by atoms with Gasteiger partial charge in [0.05, 0.1) is 37.5 Å². The number of ether oxygens (including phenoxy) is 5. The zero-order valence-electron chi connectivity index (χ0n) is 32.1. The number of fused-ring (bicyclic) bond motifs is 4. The van der Waals surface area contributed by atoms with E-state index in [2.05, 4.69) is 16.8 Å². The van der Waals surface area contributed by atoms with Gasteiger partial charge in [0.25, 0.3) is 0 Å². The molecule has 4 aromatic rings. The summed E-state index contributed by atoms with van der Waals surface area (Å²) in [6.07, 6.45) is 2.58.